The molecule has 0 bridgehead atoms. The van der Waals surface area contributed by atoms with Gasteiger partial charge in [0.05, 0.1) is 4.90 Å². The Balaban J connectivity index is 2.10. The number of anilines is 1. The van der Waals surface area contributed by atoms with E-state index in [4.69, 9.17) is 0 Å². The number of sulfonamides is 1. The summed E-state index contributed by atoms with van der Waals surface area (Å²) >= 11 is 0. The molecule has 1 amide bonds. The summed E-state index contributed by atoms with van der Waals surface area (Å²) in [6.07, 6.45) is 0.974. The smallest absolute Gasteiger partial charge is 0.240 e. The molecule has 2 aromatic carbocycles. The van der Waals surface area contributed by atoms with Crippen molar-refractivity contribution in [2.45, 2.75) is 51.0 Å². The van der Waals surface area contributed by atoms with Crippen molar-refractivity contribution in [2.24, 2.45) is 0 Å². The van der Waals surface area contributed by atoms with Crippen molar-refractivity contribution in [1.82, 2.24) is 4.72 Å². The summed E-state index contributed by atoms with van der Waals surface area (Å²) in [6, 6.07) is 14.1. The molecule has 0 aliphatic heterocycles. The van der Waals surface area contributed by atoms with Gasteiger partial charge in [-0.05, 0) is 47.2 Å². The maximum absolute atomic E-state index is 12.5. The monoisotopic (exact) mass is 374 g/mol. The molecule has 0 unspecified atom stereocenters. The zero-order chi connectivity index (χ0) is 19.4. The number of carbonyl (C=O) groups is 1. The zero-order valence-electron chi connectivity index (χ0n) is 15.7. The van der Waals surface area contributed by atoms with E-state index in [1.165, 1.54) is 6.92 Å². The van der Waals surface area contributed by atoms with Crippen molar-refractivity contribution in [3.8, 4) is 0 Å². The molecule has 6 heteroatoms. The number of hydrogen-bond acceptors (Lipinski definition) is 3. The van der Waals surface area contributed by atoms with Crippen molar-refractivity contribution in [1.29, 1.82) is 0 Å². The third kappa shape index (κ3) is 5.16. The summed E-state index contributed by atoms with van der Waals surface area (Å²) in [6.45, 7) is 7.96. The van der Waals surface area contributed by atoms with E-state index in [-0.39, 0.29) is 22.8 Å². The summed E-state index contributed by atoms with van der Waals surface area (Å²) < 4.78 is 27.6. The van der Waals surface area contributed by atoms with E-state index in [9.17, 15) is 13.2 Å². The Morgan fingerprint density at radius 1 is 1.08 bits per heavy atom. The van der Waals surface area contributed by atoms with E-state index in [0.717, 1.165) is 17.5 Å². The second-order valence-corrected chi connectivity index (χ2v) is 8.73. The van der Waals surface area contributed by atoms with Gasteiger partial charge in [0.1, 0.15) is 0 Å². The first-order chi connectivity index (χ1) is 12.1. The van der Waals surface area contributed by atoms with Gasteiger partial charge in [-0.1, -0.05) is 45.0 Å². The van der Waals surface area contributed by atoms with Crippen molar-refractivity contribution < 1.29 is 13.2 Å². The van der Waals surface area contributed by atoms with Gasteiger partial charge < -0.3 is 5.32 Å². The Bertz CT molecular complexity index is 872. The van der Waals surface area contributed by atoms with Crippen LogP contribution in [-0.2, 0) is 26.8 Å². The van der Waals surface area contributed by atoms with E-state index in [1.807, 2.05) is 12.1 Å². The fourth-order valence-electron chi connectivity index (χ4n) is 2.51. The molecule has 0 radical (unpaired) electrons. The van der Waals surface area contributed by atoms with Gasteiger partial charge >= 0.3 is 0 Å². The second kappa shape index (κ2) is 8.01. The first-order valence-electron chi connectivity index (χ1n) is 8.61. The van der Waals surface area contributed by atoms with Crippen LogP contribution in [0.2, 0.25) is 0 Å². The highest BCUT2D eigenvalue weighted by Crippen LogP contribution is 2.27. The van der Waals surface area contributed by atoms with Crippen LogP contribution in [0.4, 0.5) is 5.69 Å². The molecule has 0 atom stereocenters. The molecule has 2 rings (SSSR count). The van der Waals surface area contributed by atoms with E-state index < -0.39 is 10.0 Å². The van der Waals surface area contributed by atoms with Gasteiger partial charge in [-0.2, -0.15) is 0 Å². The summed E-state index contributed by atoms with van der Waals surface area (Å²) in [7, 11) is -3.60. The van der Waals surface area contributed by atoms with Crippen molar-refractivity contribution in [3.05, 3.63) is 59.7 Å². The number of rotatable bonds is 7. The predicted molar refractivity (Wildman–Crippen MR) is 105 cm³/mol. The largest absolute Gasteiger partial charge is 0.326 e. The molecule has 2 N–H and O–H groups in total. The maximum Gasteiger partial charge on any atom is 0.240 e. The van der Waals surface area contributed by atoms with Gasteiger partial charge in [0.2, 0.25) is 15.9 Å². The molecule has 0 fully saturated rings. The lowest BCUT2D eigenvalue weighted by Gasteiger charge is -2.23. The molecule has 0 aliphatic rings. The minimum Gasteiger partial charge on any atom is -0.326 e. The van der Waals surface area contributed by atoms with E-state index in [0.29, 0.717) is 5.69 Å². The number of carbonyl (C=O) groups excluding carboxylic acids is 1. The van der Waals surface area contributed by atoms with Crippen molar-refractivity contribution in [2.75, 3.05) is 5.32 Å². The van der Waals surface area contributed by atoms with Gasteiger partial charge in [0.15, 0.2) is 0 Å². The molecular formula is C20H26N2O3S. The minimum atomic E-state index is -3.60. The van der Waals surface area contributed by atoms with Crippen LogP contribution in [0, 0.1) is 0 Å². The highest BCUT2D eigenvalue weighted by Gasteiger charge is 2.20. The van der Waals surface area contributed by atoms with Gasteiger partial charge in [0.25, 0.3) is 0 Å². The van der Waals surface area contributed by atoms with Gasteiger partial charge in [-0.3, -0.25) is 4.79 Å². The molecule has 0 saturated carbocycles. The molecule has 0 aliphatic carbocycles. The first kappa shape index (κ1) is 20.1. The van der Waals surface area contributed by atoms with Crippen LogP contribution in [0.25, 0.3) is 0 Å². The fourth-order valence-corrected chi connectivity index (χ4v) is 3.53. The number of benzene rings is 2. The molecule has 0 spiro atoms. The number of hydrogen-bond donors (Lipinski definition) is 2. The molecule has 0 aromatic heterocycles. The van der Waals surface area contributed by atoms with Crippen LogP contribution < -0.4 is 10.0 Å². The van der Waals surface area contributed by atoms with Crippen LogP contribution in [0.5, 0.6) is 0 Å². The second-order valence-electron chi connectivity index (χ2n) is 6.97. The van der Waals surface area contributed by atoms with Crippen LogP contribution in [0.1, 0.15) is 45.2 Å². The Morgan fingerprint density at radius 3 is 2.31 bits per heavy atom. The topological polar surface area (TPSA) is 75.3 Å². The zero-order valence-corrected chi connectivity index (χ0v) is 16.5. The summed E-state index contributed by atoms with van der Waals surface area (Å²) in [5.74, 6) is -0.169. The average Bonchev–Trinajstić information content (AvgIpc) is 2.60. The highest BCUT2D eigenvalue weighted by molar-refractivity contribution is 7.89. The lowest BCUT2D eigenvalue weighted by Crippen LogP contribution is -2.23. The molecule has 26 heavy (non-hydrogen) atoms. The summed E-state index contributed by atoms with van der Waals surface area (Å²) in [5, 5.41) is 2.68. The lowest BCUT2D eigenvalue weighted by molar-refractivity contribution is -0.114. The number of amides is 1. The van der Waals surface area contributed by atoms with E-state index in [1.54, 1.807) is 36.4 Å². The van der Waals surface area contributed by atoms with Crippen molar-refractivity contribution >= 4 is 21.6 Å². The number of nitrogens with one attached hydrogen (secondary N) is 2. The fraction of sp³-hybridized carbons (Fsp3) is 0.350. The normalized spacial score (nSPS) is 12.0. The summed E-state index contributed by atoms with van der Waals surface area (Å²) in [4.78, 5) is 11.4. The lowest BCUT2D eigenvalue weighted by atomic mass is 9.82. The first-order valence-corrected chi connectivity index (χ1v) is 10.1. The Kier molecular flexibility index (Phi) is 6.21. The molecule has 0 saturated heterocycles. The van der Waals surface area contributed by atoms with Gasteiger partial charge in [-0.15, -0.1) is 0 Å². The Labute approximate surface area is 155 Å². The van der Waals surface area contributed by atoms with E-state index in [2.05, 4.69) is 30.8 Å². The SMILES string of the molecule is CCC(C)(C)c1ccc(S(=O)(=O)NCc2cccc(NC(C)=O)c2)cc1. The van der Waals surface area contributed by atoms with Crippen molar-refractivity contribution in [3.63, 3.8) is 0 Å². The quantitative estimate of drug-likeness (QED) is 0.774. The third-order valence-electron chi connectivity index (χ3n) is 4.54. The molecular weight excluding hydrogens is 348 g/mol. The molecule has 5 nitrogen and oxygen atoms in total. The average molecular weight is 375 g/mol. The molecule has 140 valence electrons. The van der Waals surface area contributed by atoms with Crippen LogP contribution in [0.15, 0.2) is 53.4 Å². The van der Waals surface area contributed by atoms with Gasteiger partial charge in [0, 0.05) is 19.2 Å². The molecule has 2 aromatic rings. The highest BCUT2D eigenvalue weighted by atomic mass is 32.2. The third-order valence-corrected chi connectivity index (χ3v) is 5.96. The molecule has 0 heterocycles. The Hall–Kier alpha value is -2.18. The summed E-state index contributed by atoms with van der Waals surface area (Å²) in [5.41, 5.74) is 2.53. The van der Waals surface area contributed by atoms with E-state index >= 15 is 0 Å². The van der Waals surface area contributed by atoms with Gasteiger partial charge in [-0.25, -0.2) is 13.1 Å². The minimum absolute atomic E-state index is 0.0138. The van der Waals surface area contributed by atoms with Crippen LogP contribution >= 0.6 is 0 Å². The predicted octanol–water partition coefficient (Wildman–Crippen LogP) is 3.81. The standard InChI is InChI=1S/C20H26N2O3S/c1-5-20(3,4)17-9-11-19(12-10-17)26(24,25)21-14-16-7-6-8-18(13-16)22-15(2)23/h6-13,21H,5,14H2,1-4H3,(H,22,23). The Morgan fingerprint density at radius 2 is 1.73 bits per heavy atom. The maximum atomic E-state index is 12.5. The van der Waals surface area contributed by atoms with Crippen LogP contribution in [0.3, 0.4) is 0 Å². The van der Waals surface area contributed by atoms with Crippen LogP contribution in [-0.4, -0.2) is 14.3 Å².